The normalized spacial score (nSPS) is 10.2. The van der Waals surface area contributed by atoms with E-state index in [1.807, 2.05) is 12.1 Å². The molecule has 0 aliphatic carbocycles. The van der Waals surface area contributed by atoms with Crippen molar-refractivity contribution in [2.24, 2.45) is 0 Å². The maximum absolute atomic E-state index is 11.8. The molecule has 0 aliphatic rings. The molecule has 98 valence electrons. The van der Waals surface area contributed by atoms with Crippen molar-refractivity contribution in [3.63, 3.8) is 0 Å². The molecule has 4 nitrogen and oxygen atoms in total. The molecule has 1 amide bonds. The van der Waals surface area contributed by atoms with Crippen LogP contribution in [0.15, 0.2) is 42.5 Å². The molecule has 0 saturated heterocycles. The molecule has 1 heterocycles. The number of halogens is 1. The average molecular weight is 277 g/mol. The van der Waals surface area contributed by atoms with Gasteiger partial charge in [0, 0.05) is 6.54 Å². The van der Waals surface area contributed by atoms with Gasteiger partial charge in [0.1, 0.15) is 16.6 Å². The van der Waals surface area contributed by atoms with Crippen molar-refractivity contribution in [1.82, 2.24) is 10.3 Å². The Kier molecular flexibility index (Phi) is 4.36. The molecule has 1 aromatic heterocycles. The Balaban J connectivity index is 1.86. The molecule has 0 radical (unpaired) electrons. The molecule has 0 atom stereocenters. The zero-order valence-corrected chi connectivity index (χ0v) is 10.9. The number of nitrogens with zero attached hydrogens (tertiary/aromatic N) is 1. The molecule has 19 heavy (non-hydrogen) atoms. The van der Waals surface area contributed by atoms with Gasteiger partial charge in [-0.25, -0.2) is 4.98 Å². The number of carbonyl (C=O) groups is 1. The fourth-order valence-electron chi connectivity index (χ4n) is 1.61. The Morgan fingerprint density at radius 3 is 2.63 bits per heavy atom. The molecular formula is C14H13ClN2O2. The summed E-state index contributed by atoms with van der Waals surface area (Å²) in [6, 6.07) is 11.8. The number of pyridine rings is 1. The number of benzene rings is 1. The maximum atomic E-state index is 11.8. The Labute approximate surface area is 116 Å². The predicted octanol–water partition coefficient (Wildman–Crippen LogP) is 2.41. The number of hydrogen-bond donors (Lipinski definition) is 2. The van der Waals surface area contributed by atoms with Crippen LogP contribution in [0.2, 0.25) is 5.15 Å². The first kappa shape index (κ1) is 13.4. The second-order valence-corrected chi connectivity index (χ2v) is 4.41. The second-order valence-electron chi connectivity index (χ2n) is 4.02. The maximum Gasteiger partial charge on any atom is 0.269 e. The first-order valence-corrected chi connectivity index (χ1v) is 6.21. The van der Waals surface area contributed by atoms with Crippen LogP contribution in [-0.4, -0.2) is 22.5 Å². The van der Waals surface area contributed by atoms with Crippen LogP contribution in [0.4, 0.5) is 0 Å². The van der Waals surface area contributed by atoms with Crippen LogP contribution in [0.25, 0.3) is 0 Å². The van der Waals surface area contributed by atoms with E-state index in [1.165, 1.54) is 0 Å². The summed E-state index contributed by atoms with van der Waals surface area (Å²) >= 11 is 5.72. The van der Waals surface area contributed by atoms with Crippen LogP contribution in [0.3, 0.4) is 0 Å². The van der Waals surface area contributed by atoms with Gasteiger partial charge in [-0.2, -0.15) is 0 Å². The van der Waals surface area contributed by atoms with E-state index in [2.05, 4.69) is 10.3 Å². The van der Waals surface area contributed by atoms with E-state index in [1.54, 1.807) is 30.3 Å². The monoisotopic (exact) mass is 276 g/mol. The van der Waals surface area contributed by atoms with Gasteiger partial charge in [-0.3, -0.25) is 4.79 Å². The van der Waals surface area contributed by atoms with Crippen molar-refractivity contribution in [2.45, 2.75) is 6.42 Å². The van der Waals surface area contributed by atoms with E-state index < -0.39 is 0 Å². The minimum Gasteiger partial charge on any atom is -0.508 e. The largest absolute Gasteiger partial charge is 0.508 e. The van der Waals surface area contributed by atoms with E-state index in [0.29, 0.717) is 23.8 Å². The minimum absolute atomic E-state index is 0.232. The highest BCUT2D eigenvalue weighted by Gasteiger charge is 2.06. The SMILES string of the molecule is O=C(NCCc1ccc(O)cc1)c1cccc(Cl)n1. The highest BCUT2D eigenvalue weighted by molar-refractivity contribution is 6.29. The van der Waals surface area contributed by atoms with Gasteiger partial charge in [0.05, 0.1) is 0 Å². The van der Waals surface area contributed by atoms with Gasteiger partial charge in [-0.05, 0) is 36.2 Å². The van der Waals surface area contributed by atoms with Crippen molar-refractivity contribution in [2.75, 3.05) is 6.54 Å². The fourth-order valence-corrected chi connectivity index (χ4v) is 1.77. The molecule has 5 heteroatoms. The number of hydrogen-bond acceptors (Lipinski definition) is 3. The number of amides is 1. The Bertz CT molecular complexity index is 570. The van der Waals surface area contributed by atoms with Gasteiger partial charge in [0.25, 0.3) is 5.91 Å². The smallest absolute Gasteiger partial charge is 0.269 e. The third kappa shape index (κ3) is 3.96. The van der Waals surface area contributed by atoms with E-state index in [4.69, 9.17) is 16.7 Å². The van der Waals surface area contributed by atoms with Gasteiger partial charge < -0.3 is 10.4 Å². The molecule has 0 aliphatic heterocycles. The molecule has 0 saturated carbocycles. The van der Waals surface area contributed by atoms with Crippen LogP contribution >= 0.6 is 11.6 Å². The van der Waals surface area contributed by atoms with Crippen molar-refractivity contribution < 1.29 is 9.90 Å². The number of nitrogens with one attached hydrogen (secondary N) is 1. The third-order valence-electron chi connectivity index (χ3n) is 2.58. The van der Waals surface area contributed by atoms with Crippen LogP contribution in [-0.2, 0) is 6.42 Å². The highest BCUT2D eigenvalue weighted by atomic mass is 35.5. The zero-order chi connectivity index (χ0) is 13.7. The average Bonchev–Trinajstić information content (AvgIpc) is 2.41. The number of rotatable bonds is 4. The van der Waals surface area contributed by atoms with Crippen molar-refractivity contribution in [3.8, 4) is 5.75 Å². The number of phenols is 1. The Morgan fingerprint density at radius 1 is 1.21 bits per heavy atom. The summed E-state index contributed by atoms with van der Waals surface area (Å²) in [5, 5.41) is 12.2. The summed E-state index contributed by atoms with van der Waals surface area (Å²) in [6.45, 7) is 0.498. The number of phenolic OH excluding ortho intramolecular Hbond substituents is 1. The van der Waals surface area contributed by atoms with Gasteiger partial charge in [0.15, 0.2) is 0 Å². The molecule has 1 aromatic carbocycles. The molecule has 2 rings (SSSR count). The van der Waals surface area contributed by atoms with Gasteiger partial charge >= 0.3 is 0 Å². The first-order chi connectivity index (χ1) is 9.15. The molecule has 0 spiro atoms. The Hall–Kier alpha value is -2.07. The standard InChI is InChI=1S/C14H13ClN2O2/c15-13-3-1-2-12(17-13)14(19)16-9-8-10-4-6-11(18)7-5-10/h1-7,18H,8-9H2,(H,16,19). The molecule has 0 unspecified atom stereocenters. The summed E-state index contributed by atoms with van der Waals surface area (Å²) in [5.74, 6) is -0.0165. The van der Waals surface area contributed by atoms with E-state index in [9.17, 15) is 4.79 Å². The topological polar surface area (TPSA) is 62.2 Å². The number of carbonyl (C=O) groups excluding carboxylic acids is 1. The third-order valence-corrected chi connectivity index (χ3v) is 2.79. The van der Waals surface area contributed by atoms with Crippen molar-refractivity contribution >= 4 is 17.5 Å². The van der Waals surface area contributed by atoms with E-state index in [-0.39, 0.29) is 11.7 Å². The number of aromatic nitrogens is 1. The summed E-state index contributed by atoms with van der Waals surface area (Å²) in [5.41, 5.74) is 1.34. The molecule has 2 N–H and O–H groups in total. The van der Waals surface area contributed by atoms with Crippen molar-refractivity contribution in [3.05, 3.63) is 58.9 Å². The van der Waals surface area contributed by atoms with Crippen LogP contribution in [0.1, 0.15) is 16.1 Å². The second kappa shape index (κ2) is 6.20. The lowest BCUT2D eigenvalue weighted by Gasteiger charge is -2.05. The highest BCUT2D eigenvalue weighted by Crippen LogP contribution is 2.09. The Morgan fingerprint density at radius 2 is 1.95 bits per heavy atom. The zero-order valence-electron chi connectivity index (χ0n) is 10.1. The molecule has 0 bridgehead atoms. The lowest BCUT2D eigenvalue weighted by molar-refractivity contribution is 0.0949. The summed E-state index contributed by atoms with van der Waals surface area (Å²) in [4.78, 5) is 15.7. The lowest BCUT2D eigenvalue weighted by atomic mass is 10.1. The first-order valence-electron chi connectivity index (χ1n) is 5.84. The van der Waals surface area contributed by atoms with Crippen LogP contribution < -0.4 is 5.32 Å². The van der Waals surface area contributed by atoms with Gasteiger partial charge in [0.2, 0.25) is 0 Å². The predicted molar refractivity (Wildman–Crippen MR) is 73.4 cm³/mol. The van der Waals surface area contributed by atoms with Crippen molar-refractivity contribution in [1.29, 1.82) is 0 Å². The quantitative estimate of drug-likeness (QED) is 0.843. The minimum atomic E-state index is -0.249. The van der Waals surface area contributed by atoms with Crippen LogP contribution in [0, 0.1) is 0 Å². The van der Waals surface area contributed by atoms with Crippen LogP contribution in [0.5, 0.6) is 5.75 Å². The summed E-state index contributed by atoms with van der Waals surface area (Å²) in [6.07, 6.45) is 0.687. The van der Waals surface area contributed by atoms with Gasteiger partial charge in [-0.15, -0.1) is 0 Å². The lowest BCUT2D eigenvalue weighted by Crippen LogP contribution is -2.26. The van der Waals surface area contributed by atoms with E-state index >= 15 is 0 Å². The van der Waals surface area contributed by atoms with E-state index in [0.717, 1.165) is 5.56 Å². The molecule has 0 fully saturated rings. The number of aromatic hydroxyl groups is 1. The molecular weight excluding hydrogens is 264 g/mol. The fraction of sp³-hybridized carbons (Fsp3) is 0.143. The summed E-state index contributed by atoms with van der Waals surface area (Å²) in [7, 11) is 0. The summed E-state index contributed by atoms with van der Waals surface area (Å²) < 4.78 is 0. The molecule has 2 aromatic rings. The van der Waals surface area contributed by atoms with Gasteiger partial charge in [-0.1, -0.05) is 29.8 Å².